The second kappa shape index (κ2) is 7.35. The van der Waals surface area contributed by atoms with Crippen molar-refractivity contribution in [2.75, 3.05) is 13.1 Å². The number of hydrogen-bond acceptors (Lipinski definition) is 5. The largest absolute Gasteiger partial charge is 0.339 e. The predicted octanol–water partition coefficient (Wildman–Crippen LogP) is 5.08. The van der Waals surface area contributed by atoms with Gasteiger partial charge in [-0.1, -0.05) is 17.3 Å². The summed E-state index contributed by atoms with van der Waals surface area (Å²) in [6.07, 6.45) is 2.14. The van der Waals surface area contributed by atoms with Crippen molar-refractivity contribution in [1.29, 1.82) is 0 Å². The van der Waals surface area contributed by atoms with Crippen LogP contribution < -0.4 is 0 Å². The number of rotatable bonds is 4. The molecule has 0 amide bonds. The molecule has 0 spiro atoms. The molecule has 1 atom stereocenters. The summed E-state index contributed by atoms with van der Waals surface area (Å²) in [6.45, 7) is 2.93. The number of halogens is 2. The van der Waals surface area contributed by atoms with Gasteiger partial charge in [0.1, 0.15) is 5.82 Å². The third-order valence-electron chi connectivity index (χ3n) is 4.39. The van der Waals surface area contributed by atoms with Crippen LogP contribution in [0, 0.1) is 5.82 Å². The molecule has 1 aliphatic rings. The Bertz CT molecular complexity index is 865. The molecular formula is C18H17BrFN3OS. The highest BCUT2D eigenvalue weighted by Gasteiger charge is 2.26. The monoisotopic (exact) mass is 421 g/mol. The van der Waals surface area contributed by atoms with Gasteiger partial charge in [0, 0.05) is 23.5 Å². The fraction of sp³-hybridized carbons (Fsp3) is 0.333. The molecule has 4 rings (SSSR count). The summed E-state index contributed by atoms with van der Waals surface area (Å²) in [6, 6.07) is 10.5. The van der Waals surface area contributed by atoms with Crippen molar-refractivity contribution in [3.05, 3.63) is 56.8 Å². The topological polar surface area (TPSA) is 42.2 Å². The summed E-state index contributed by atoms with van der Waals surface area (Å²) in [5.41, 5.74) is 0.645. The van der Waals surface area contributed by atoms with Gasteiger partial charge in [-0.25, -0.2) is 4.39 Å². The smallest absolute Gasteiger partial charge is 0.231 e. The van der Waals surface area contributed by atoms with Crippen molar-refractivity contribution in [1.82, 2.24) is 15.0 Å². The fourth-order valence-electron chi connectivity index (χ4n) is 3.20. The Labute approximate surface area is 157 Å². The molecular weight excluding hydrogens is 405 g/mol. The lowest BCUT2D eigenvalue weighted by Crippen LogP contribution is -2.33. The zero-order chi connectivity index (χ0) is 17.2. The zero-order valence-corrected chi connectivity index (χ0v) is 15.9. The molecule has 2 aromatic heterocycles. The van der Waals surface area contributed by atoms with Crippen LogP contribution in [0.5, 0.6) is 0 Å². The number of likely N-dealkylation sites (tertiary alicyclic amines) is 1. The standard InChI is InChI=1S/C18H17BrFN3OS/c19-16-7-6-15(25-16)11-23-8-2-4-13(10-23)18-21-17(22-24-18)12-3-1-5-14(20)9-12/h1,3,5-7,9,13H,2,4,8,10-11H2. The third kappa shape index (κ3) is 3.99. The molecule has 0 bridgehead atoms. The van der Waals surface area contributed by atoms with Crippen LogP contribution in [-0.2, 0) is 6.54 Å². The molecule has 0 radical (unpaired) electrons. The summed E-state index contributed by atoms with van der Waals surface area (Å²) in [5, 5.41) is 4.04. The Hall–Kier alpha value is -1.57. The van der Waals surface area contributed by atoms with Crippen molar-refractivity contribution in [3.63, 3.8) is 0 Å². The van der Waals surface area contributed by atoms with E-state index in [1.54, 1.807) is 23.5 Å². The first-order valence-electron chi connectivity index (χ1n) is 8.23. The Morgan fingerprint density at radius 1 is 1.32 bits per heavy atom. The predicted molar refractivity (Wildman–Crippen MR) is 99.0 cm³/mol. The van der Waals surface area contributed by atoms with E-state index in [9.17, 15) is 4.39 Å². The Balaban J connectivity index is 1.46. The SMILES string of the molecule is Fc1cccc(-c2noc(C3CCCN(Cc4ccc(Br)s4)C3)n2)c1. The molecule has 1 aliphatic heterocycles. The fourth-order valence-corrected chi connectivity index (χ4v) is 4.73. The summed E-state index contributed by atoms with van der Waals surface area (Å²) in [5.74, 6) is 1.03. The number of aromatic nitrogens is 2. The van der Waals surface area contributed by atoms with Crippen molar-refractivity contribution >= 4 is 27.3 Å². The van der Waals surface area contributed by atoms with E-state index in [1.807, 2.05) is 0 Å². The maximum absolute atomic E-state index is 13.4. The van der Waals surface area contributed by atoms with Gasteiger partial charge in [0.05, 0.1) is 9.70 Å². The molecule has 4 nitrogen and oxygen atoms in total. The Morgan fingerprint density at radius 2 is 2.24 bits per heavy atom. The van der Waals surface area contributed by atoms with Gasteiger partial charge in [-0.3, -0.25) is 4.90 Å². The summed E-state index contributed by atoms with van der Waals surface area (Å²) in [4.78, 5) is 8.29. The van der Waals surface area contributed by atoms with Crippen LogP contribution in [0.2, 0.25) is 0 Å². The first-order valence-corrected chi connectivity index (χ1v) is 9.84. The maximum Gasteiger partial charge on any atom is 0.231 e. The van der Waals surface area contributed by atoms with Crippen LogP contribution in [-0.4, -0.2) is 28.1 Å². The molecule has 0 saturated carbocycles. The molecule has 1 aromatic carbocycles. The van der Waals surface area contributed by atoms with Gasteiger partial charge in [0.15, 0.2) is 0 Å². The van der Waals surface area contributed by atoms with Crippen LogP contribution in [0.15, 0.2) is 44.7 Å². The molecule has 1 fully saturated rings. The van der Waals surface area contributed by atoms with E-state index in [1.165, 1.54) is 17.0 Å². The van der Waals surface area contributed by atoms with Gasteiger partial charge in [-0.05, 0) is 59.6 Å². The molecule has 7 heteroatoms. The minimum Gasteiger partial charge on any atom is -0.339 e. The molecule has 0 aliphatic carbocycles. The highest BCUT2D eigenvalue weighted by atomic mass is 79.9. The summed E-state index contributed by atoms with van der Waals surface area (Å²) in [7, 11) is 0. The van der Waals surface area contributed by atoms with Crippen LogP contribution in [0.4, 0.5) is 4.39 Å². The van der Waals surface area contributed by atoms with E-state index in [-0.39, 0.29) is 11.7 Å². The number of piperidine rings is 1. The molecule has 3 aromatic rings. The van der Waals surface area contributed by atoms with Gasteiger partial charge in [-0.15, -0.1) is 11.3 Å². The van der Waals surface area contributed by atoms with Crippen molar-refractivity contribution in [3.8, 4) is 11.4 Å². The van der Waals surface area contributed by atoms with Crippen molar-refractivity contribution in [2.45, 2.75) is 25.3 Å². The quantitative estimate of drug-likeness (QED) is 0.588. The van der Waals surface area contributed by atoms with E-state index in [0.717, 1.165) is 36.3 Å². The molecule has 0 N–H and O–H groups in total. The van der Waals surface area contributed by atoms with Crippen molar-refractivity contribution < 1.29 is 8.91 Å². The zero-order valence-electron chi connectivity index (χ0n) is 13.5. The first kappa shape index (κ1) is 16.9. The van der Waals surface area contributed by atoms with E-state index in [2.05, 4.69) is 43.1 Å². The van der Waals surface area contributed by atoms with Crippen LogP contribution >= 0.6 is 27.3 Å². The second-order valence-electron chi connectivity index (χ2n) is 6.25. The van der Waals surface area contributed by atoms with Gasteiger partial charge in [0.25, 0.3) is 0 Å². The van der Waals surface area contributed by atoms with E-state index >= 15 is 0 Å². The number of nitrogens with zero attached hydrogens (tertiary/aromatic N) is 3. The van der Waals surface area contributed by atoms with E-state index in [0.29, 0.717) is 17.3 Å². The summed E-state index contributed by atoms with van der Waals surface area (Å²) >= 11 is 5.28. The van der Waals surface area contributed by atoms with Crippen LogP contribution in [0.1, 0.15) is 29.5 Å². The van der Waals surface area contributed by atoms with Gasteiger partial charge in [-0.2, -0.15) is 4.98 Å². The normalized spacial score (nSPS) is 18.6. The summed E-state index contributed by atoms with van der Waals surface area (Å²) < 4.78 is 20.0. The lowest BCUT2D eigenvalue weighted by atomic mass is 9.98. The molecule has 1 saturated heterocycles. The molecule has 130 valence electrons. The average Bonchev–Trinajstić information content (AvgIpc) is 3.25. The van der Waals surface area contributed by atoms with Gasteiger partial charge < -0.3 is 4.52 Å². The number of thiophene rings is 1. The van der Waals surface area contributed by atoms with Gasteiger partial charge in [0.2, 0.25) is 11.7 Å². The Morgan fingerprint density at radius 3 is 3.04 bits per heavy atom. The minimum absolute atomic E-state index is 0.229. The second-order valence-corrected chi connectivity index (χ2v) is 8.79. The lowest BCUT2D eigenvalue weighted by Gasteiger charge is -2.30. The lowest BCUT2D eigenvalue weighted by molar-refractivity contribution is 0.181. The van der Waals surface area contributed by atoms with Crippen LogP contribution in [0.25, 0.3) is 11.4 Å². The number of benzene rings is 1. The highest BCUT2D eigenvalue weighted by Crippen LogP contribution is 2.30. The maximum atomic E-state index is 13.4. The molecule has 25 heavy (non-hydrogen) atoms. The molecule has 3 heterocycles. The van der Waals surface area contributed by atoms with Crippen LogP contribution in [0.3, 0.4) is 0 Å². The highest BCUT2D eigenvalue weighted by molar-refractivity contribution is 9.11. The van der Waals surface area contributed by atoms with E-state index < -0.39 is 0 Å². The van der Waals surface area contributed by atoms with E-state index in [4.69, 9.17) is 4.52 Å². The Kier molecular flexibility index (Phi) is 4.96. The molecule has 1 unspecified atom stereocenters. The third-order valence-corrected chi connectivity index (χ3v) is 6.00. The van der Waals surface area contributed by atoms with Crippen molar-refractivity contribution in [2.24, 2.45) is 0 Å². The average molecular weight is 422 g/mol. The minimum atomic E-state index is -0.296. The first-order chi connectivity index (χ1) is 12.2. The van der Waals surface area contributed by atoms with Gasteiger partial charge >= 0.3 is 0 Å². The number of hydrogen-bond donors (Lipinski definition) is 0.